The average Bonchev–Trinajstić information content (AvgIpc) is 2.46. The van der Waals surface area contributed by atoms with Crippen LogP contribution in [0.15, 0.2) is 42.6 Å². The molecule has 1 aliphatic heterocycles. The minimum absolute atomic E-state index is 0.866. The summed E-state index contributed by atoms with van der Waals surface area (Å²) in [5.41, 5.74) is 10.7. The summed E-state index contributed by atoms with van der Waals surface area (Å²) in [6.45, 7) is 3.20. The van der Waals surface area contributed by atoms with Crippen LogP contribution < -0.4 is 5.73 Å². The maximum Gasteiger partial charge on any atom is 0.0416 e. The predicted octanol–water partition coefficient (Wildman–Crippen LogP) is 2.26. The van der Waals surface area contributed by atoms with Crippen molar-refractivity contribution in [1.82, 2.24) is 9.88 Å². The average molecular weight is 253 g/mol. The van der Waals surface area contributed by atoms with Crippen LogP contribution in [-0.4, -0.2) is 23.0 Å². The number of rotatable bonds is 3. The number of fused-ring (bicyclic) bond motifs is 1. The monoisotopic (exact) mass is 253 g/mol. The Kier molecular flexibility index (Phi) is 3.47. The molecule has 3 nitrogen and oxygen atoms in total. The molecule has 1 aromatic carbocycles. The van der Waals surface area contributed by atoms with E-state index in [1.165, 1.54) is 16.8 Å². The van der Waals surface area contributed by atoms with Gasteiger partial charge >= 0.3 is 0 Å². The van der Waals surface area contributed by atoms with Crippen LogP contribution in [0.4, 0.5) is 5.69 Å². The zero-order chi connectivity index (χ0) is 13.1. The molecule has 98 valence electrons. The van der Waals surface area contributed by atoms with Crippen LogP contribution in [0, 0.1) is 0 Å². The molecule has 2 heterocycles. The van der Waals surface area contributed by atoms with E-state index in [1.54, 1.807) is 0 Å². The molecule has 1 aromatic heterocycles. The summed E-state index contributed by atoms with van der Waals surface area (Å²) in [7, 11) is 0. The number of hydrogen-bond acceptors (Lipinski definition) is 3. The van der Waals surface area contributed by atoms with E-state index in [2.05, 4.69) is 34.1 Å². The summed E-state index contributed by atoms with van der Waals surface area (Å²) in [5.74, 6) is 0. The first-order valence-electron chi connectivity index (χ1n) is 6.81. The molecule has 2 N–H and O–H groups in total. The van der Waals surface area contributed by atoms with Gasteiger partial charge in [0.05, 0.1) is 0 Å². The van der Waals surface area contributed by atoms with Gasteiger partial charge in [-0.25, -0.2) is 0 Å². The molecule has 0 atom stereocenters. The first kappa shape index (κ1) is 12.2. The maximum absolute atomic E-state index is 5.86. The molecule has 0 radical (unpaired) electrons. The van der Waals surface area contributed by atoms with Crippen molar-refractivity contribution in [3.8, 4) is 0 Å². The molecule has 0 fully saturated rings. The molecule has 0 amide bonds. The van der Waals surface area contributed by atoms with Gasteiger partial charge in [0.15, 0.2) is 0 Å². The summed E-state index contributed by atoms with van der Waals surface area (Å²) in [5, 5.41) is 0. The Morgan fingerprint density at radius 2 is 2.11 bits per heavy atom. The molecule has 0 spiro atoms. The fourth-order valence-corrected chi connectivity index (χ4v) is 2.64. The molecule has 0 saturated heterocycles. The quantitative estimate of drug-likeness (QED) is 0.853. The third kappa shape index (κ3) is 2.93. The Morgan fingerprint density at radius 3 is 2.95 bits per heavy atom. The van der Waals surface area contributed by atoms with Crippen LogP contribution in [0.2, 0.25) is 0 Å². The fraction of sp³-hybridized carbons (Fsp3) is 0.312. The predicted molar refractivity (Wildman–Crippen MR) is 77.8 cm³/mol. The second-order valence-electron chi connectivity index (χ2n) is 5.13. The topological polar surface area (TPSA) is 42.1 Å². The van der Waals surface area contributed by atoms with E-state index in [4.69, 9.17) is 5.73 Å². The van der Waals surface area contributed by atoms with E-state index in [0.717, 1.165) is 38.2 Å². The zero-order valence-corrected chi connectivity index (χ0v) is 11.0. The van der Waals surface area contributed by atoms with Crippen LogP contribution in [0.25, 0.3) is 0 Å². The van der Waals surface area contributed by atoms with Gasteiger partial charge in [-0.05, 0) is 41.8 Å². The second kappa shape index (κ2) is 5.41. The van der Waals surface area contributed by atoms with Crippen LogP contribution in [0.1, 0.15) is 16.8 Å². The molecule has 0 unspecified atom stereocenters. The lowest BCUT2D eigenvalue weighted by Gasteiger charge is -2.28. The summed E-state index contributed by atoms with van der Waals surface area (Å²) in [6, 6.07) is 12.4. The molecule has 2 aromatic rings. The lowest BCUT2D eigenvalue weighted by molar-refractivity contribution is 0.256. The Balaban J connectivity index is 1.62. The van der Waals surface area contributed by atoms with Gasteiger partial charge < -0.3 is 5.73 Å². The molecule has 3 rings (SSSR count). The van der Waals surface area contributed by atoms with Gasteiger partial charge in [-0.3, -0.25) is 9.88 Å². The Hall–Kier alpha value is -1.87. The lowest BCUT2D eigenvalue weighted by Crippen LogP contribution is -2.32. The van der Waals surface area contributed by atoms with Crippen LogP contribution in [0.5, 0.6) is 0 Å². The standard InChI is InChI=1S/C16H19N3/c17-15-5-4-13-6-9-19(12-14(13)11-15)10-7-16-3-1-2-8-18-16/h1-5,8,11H,6-7,9-10,12,17H2. The maximum atomic E-state index is 5.86. The van der Waals surface area contributed by atoms with Gasteiger partial charge in [-0.1, -0.05) is 12.1 Å². The van der Waals surface area contributed by atoms with Gasteiger partial charge in [-0.2, -0.15) is 0 Å². The first-order chi connectivity index (χ1) is 9.31. The molecule has 3 heteroatoms. The number of nitrogens with two attached hydrogens (primary N) is 1. The summed E-state index contributed by atoms with van der Waals surface area (Å²) < 4.78 is 0. The van der Waals surface area contributed by atoms with Crippen molar-refractivity contribution in [2.75, 3.05) is 18.8 Å². The van der Waals surface area contributed by atoms with Gasteiger partial charge in [0, 0.05) is 43.6 Å². The minimum atomic E-state index is 0.866. The highest BCUT2D eigenvalue weighted by molar-refractivity contribution is 5.45. The number of hydrogen-bond donors (Lipinski definition) is 1. The molecule has 0 bridgehead atoms. The number of anilines is 1. The highest BCUT2D eigenvalue weighted by atomic mass is 15.1. The Bertz CT molecular complexity index is 551. The number of nitrogens with zero attached hydrogens (tertiary/aromatic N) is 2. The van der Waals surface area contributed by atoms with Crippen molar-refractivity contribution >= 4 is 5.69 Å². The number of benzene rings is 1. The van der Waals surface area contributed by atoms with E-state index >= 15 is 0 Å². The van der Waals surface area contributed by atoms with E-state index in [-0.39, 0.29) is 0 Å². The lowest BCUT2D eigenvalue weighted by atomic mass is 9.99. The highest BCUT2D eigenvalue weighted by Crippen LogP contribution is 2.21. The highest BCUT2D eigenvalue weighted by Gasteiger charge is 2.15. The third-order valence-electron chi connectivity index (χ3n) is 3.73. The molecular formula is C16H19N3. The molecular weight excluding hydrogens is 234 g/mol. The van der Waals surface area contributed by atoms with E-state index < -0.39 is 0 Å². The van der Waals surface area contributed by atoms with Crippen molar-refractivity contribution in [3.63, 3.8) is 0 Å². The number of pyridine rings is 1. The van der Waals surface area contributed by atoms with Crippen molar-refractivity contribution in [2.24, 2.45) is 0 Å². The van der Waals surface area contributed by atoms with E-state index in [9.17, 15) is 0 Å². The van der Waals surface area contributed by atoms with Crippen molar-refractivity contribution in [3.05, 3.63) is 59.4 Å². The van der Waals surface area contributed by atoms with Crippen LogP contribution in [-0.2, 0) is 19.4 Å². The van der Waals surface area contributed by atoms with E-state index in [1.807, 2.05) is 18.3 Å². The zero-order valence-electron chi connectivity index (χ0n) is 11.0. The van der Waals surface area contributed by atoms with Crippen molar-refractivity contribution in [2.45, 2.75) is 19.4 Å². The second-order valence-corrected chi connectivity index (χ2v) is 5.13. The van der Waals surface area contributed by atoms with Gasteiger partial charge in [0.1, 0.15) is 0 Å². The third-order valence-corrected chi connectivity index (χ3v) is 3.73. The minimum Gasteiger partial charge on any atom is -0.399 e. The first-order valence-corrected chi connectivity index (χ1v) is 6.81. The summed E-state index contributed by atoms with van der Waals surface area (Å²) in [4.78, 5) is 6.86. The van der Waals surface area contributed by atoms with Crippen LogP contribution in [0.3, 0.4) is 0 Å². The fourth-order valence-electron chi connectivity index (χ4n) is 2.64. The van der Waals surface area contributed by atoms with Gasteiger partial charge in [0.25, 0.3) is 0 Å². The number of aromatic nitrogens is 1. The van der Waals surface area contributed by atoms with Crippen molar-refractivity contribution < 1.29 is 0 Å². The van der Waals surface area contributed by atoms with Crippen molar-refractivity contribution in [1.29, 1.82) is 0 Å². The summed E-state index contributed by atoms with van der Waals surface area (Å²) >= 11 is 0. The molecule has 19 heavy (non-hydrogen) atoms. The number of nitrogen functional groups attached to an aromatic ring is 1. The van der Waals surface area contributed by atoms with Crippen LogP contribution >= 0.6 is 0 Å². The molecule has 0 saturated carbocycles. The Morgan fingerprint density at radius 1 is 1.16 bits per heavy atom. The smallest absolute Gasteiger partial charge is 0.0416 e. The SMILES string of the molecule is Nc1ccc2c(c1)CN(CCc1ccccn1)CC2. The summed E-state index contributed by atoms with van der Waals surface area (Å²) in [6.07, 6.45) is 4.00. The normalized spacial score (nSPS) is 15.2. The molecule has 0 aliphatic carbocycles. The molecule has 1 aliphatic rings. The van der Waals surface area contributed by atoms with Gasteiger partial charge in [-0.15, -0.1) is 0 Å². The van der Waals surface area contributed by atoms with Gasteiger partial charge in [0.2, 0.25) is 0 Å². The van der Waals surface area contributed by atoms with E-state index in [0.29, 0.717) is 0 Å². The largest absolute Gasteiger partial charge is 0.399 e. The Labute approximate surface area is 114 Å².